The zero-order valence-electron chi connectivity index (χ0n) is 11.5. The maximum absolute atomic E-state index is 14.2. The number of ether oxygens (including phenoxy) is 1. The van der Waals surface area contributed by atoms with Crippen molar-refractivity contribution in [2.75, 3.05) is 0 Å². The van der Waals surface area contributed by atoms with E-state index in [4.69, 9.17) is 0 Å². The molecule has 2 bridgehead atoms. The third-order valence-electron chi connectivity index (χ3n) is 4.02. The largest absolute Gasteiger partial charge is 0.691 e. The fourth-order valence-electron chi connectivity index (χ4n) is 2.82. The first-order valence-electron chi connectivity index (χ1n) is 6.48. The number of alkyl halides is 6. The topological polar surface area (TPSA) is 84.9 Å². The fraction of sp³-hybridized carbons (Fsp3) is 0.818. The lowest BCUT2D eigenvalue weighted by Gasteiger charge is -2.32. The van der Waals surface area contributed by atoms with Gasteiger partial charge < -0.3 is 9.99 Å². The third kappa shape index (κ3) is 2.97. The third-order valence-corrected chi connectivity index (χ3v) is 4.79. The standard InChI is InChI=1S/C11H10F6O6S/c12-9(24-23-22-20,10(13,14)11(15,16)17)8(19)21-7-5-2-1-4(3-5)6(7)18/h4-5,7,20H,1-3H2/p-1. The molecule has 0 aliphatic heterocycles. The highest BCUT2D eigenvalue weighted by Crippen LogP contribution is 2.53. The van der Waals surface area contributed by atoms with Crippen molar-refractivity contribution in [2.45, 2.75) is 42.5 Å². The smallest absolute Gasteiger partial charge is 0.458 e. The molecule has 6 nitrogen and oxygen atoms in total. The number of ketones is 1. The minimum atomic E-state index is -6.50. The van der Waals surface area contributed by atoms with Crippen LogP contribution in [0.2, 0.25) is 0 Å². The number of hydrogen-bond donors (Lipinski definition) is 0. The molecule has 2 fully saturated rings. The summed E-state index contributed by atoms with van der Waals surface area (Å²) < 4.78 is 85.7. The predicted octanol–water partition coefficient (Wildman–Crippen LogP) is 1.63. The molecule has 0 saturated heterocycles. The van der Waals surface area contributed by atoms with E-state index < -0.39 is 58.8 Å². The Morgan fingerprint density at radius 2 is 1.79 bits per heavy atom. The summed E-state index contributed by atoms with van der Waals surface area (Å²) in [5, 5.41) is 7.00. The van der Waals surface area contributed by atoms with Crippen LogP contribution in [-0.2, 0) is 23.7 Å². The number of fused-ring (bicyclic) bond motifs is 2. The Labute approximate surface area is 134 Å². The van der Waals surface area contributed by atoms with E-state index >= 15 is 0 Å². The van der Waals surface area contributed by atoms with Crippen molar-refractivity contribution in [1.29, 1.82) is 0 Å². The molecule has 0 radical (unpaired) electrons. The van der Waals surface area contributed by atoms with E-state index in [1.807, 2.05) is 0 Å². The Morgan fingerprint density at radius 3 is 2.25 bits per heavy atom. The highest BCUT2D eigenvalue weighted by Gasteiger charge is 2.77. The predicted molar refractivity (Wildman–Crippen MR) is 60.3 cm³/mol. The number of esters is 1. The van der Waals surface area contributed by atoms with Gasteiger partial charge in [-0.15, -0.1) is 0 Å². The molecule has 4 atom stereocenters. The summed E-state index contributed by atoms with van der Waals surface area (Å²) >= 11 is -1.49. The van der Waals surface area contributed by atoms with E-state index in [0.29, 0.717) is 12.8 Å². The fourth-order valence-corrected chi connectivity index (χ4v) is 3.28. The van der Waals surface area contributed by atoms with Crippen molar-refractivity contribution >= 4 is 23.8 Å². The maximum Gasteiger partial charge on any atom is 0.458 e. The van der Waals surface area contributed by atoms with Crippen LogP contribution in [-0.4, -0.2) is 35.0 Å². The van der Waals surface area contributed by atoms with Crippen molar-refractivity contribution in [3.05, 3.63) is 0 Å². The Kier molecular flexibility index (Phi) is 5.10. The molecule has 0 aromatic heterocycles. The van der Waals surface area contributed by atoms with Gasteiger partial charge in [-0.3, -0.25) is 9.83 Å². The monoisotopic (exact) mass is 383 g/mol. The molecule has 0 N–H and O–H groups in total. The number of rotatable bonds is 6. The molecule has 2 saturated carbocycles. The number of Topliss-reactive ketones (excluding diaryl/α,β-unsaturated/α-hetero) is 1. The molecule has 0 spiro atoms. The second-order valence-corrected chi connectivity index (χ2v) is 6.25. The number of halogens is 6. The second kappa shape index (κ2) is 6.35. The van der Waals surface area contributed by atoms with Gasteiger partial charge in [0, 0.05) is 11.8 Å². The Hall–Kier alpha value is -1.05. The van der Waals surface area contributed by atoms with Crippen LogP contribution in [0.4, 0.5) is 26.3 Å². The Balaban J connectivity index is 2.24. The maximum atomic E-state index is 14.2. The number of carbonyl (C=O) groups excluding carboxylic acids is 2. The van der Waals surface area contributed by atoms with Crippen LogP contribution >= 0.6 is 12.0 Å². The summed E-state index contributed by atoms with van der Waals surface area (Å²) in [5.74, 6) is -10.7. The molecule has 13 heteroatoms. The van der Waals surface area contributed by atoms with Gasteiger partial charge in [0.15, 0.2) is 11.9 Å². The molecule has 24 heavy (non-hydrogen) atoms. The summed E-state index contributed by atoms with van der Waals surface area (Å²) in [5.41, 5.74) is 0. The van der Waals surface area contributed by atoms with Crippen LogP contribution in [0.1, 0.15) is 19.3 Å². The van der Waals surface area contributed by atoms with Crippen molar-refractivity contribution in [3.8, 4) is 0 Å². The quantitative estimate of drug-likeness (QED) is 0.227. The Morgan fingerprint density at radius 1 is 1.17 bits per heavy atom. The summed E-state index contributed by atoms with van der Waals surface area (Å²) in [7, 11) is 0. The van der Waals surface area contributed by atoms with Crippen molar-refractivity contribution < 1.29 is 55.3 Å². The van der Waals surface area contributed by atoms with Crippen molar-refractivity contribution in [2.24, 2.45) is 11.8 Å². The summed E-state index contributed by atoms with van der Waals surface area (Å²) in [6.07, 6.45) is -6.98. The van der Waals surface area contributed by atoms with Crippen LogP contribution in [0.5, 0.6) is 0 Å². The van der Waals surface area contributed by atoms with Crippen LogP contribution in [0.3, 0.4) is 0 Å². The van der Waals surface area contributed by atoms with Gasteiger partial charge in [-0.1, -0.05) is 0 Å². The van der Waals surface area contributed by atoms with Gasteiger partial charge >= 0.3 is 23.1 Å². The lowest BCUT2D eigenvalue weighted by molar-refractivity contribution is -0.777. The van der Waals surface area contributed by atoms with E-state index in [1.54, 1.807) is 0 Å². The number of hydrogen-bond acceptors (Lipinski definition) is 7. The van der Waals surface area contributed by atoms with Gasteiger partial charge in [0.05, 0.1) is 12.0 Å². The van der Waals surface area contributed by atoms with E-state index in [1.165, 1.54) is 0 Å². The minimum Gasteiger partial charge on any atom is -0.691 e. The van der Waals surface area contributed by atoms with Crippen LogP contribution in [0.15, 0.2) is 0 Å². The van der Waals surface area contributed by atoms with Gasteiger partial charge in [0.25, 0.3) is 0 Å². The van der Waals surface area contributed by atoms with E-state index in [-0.39, 0.29) is 6.42 Å². The zero-order valence-corrected chi connectivity index (χ0v) is 12.3. The minimum absolute atomic E-state index is 0.277. The first-order chi connectivity index (χ1) is 11.0. The van der Waals surface area contributed by atoms with Gasteiger partial charge in [-0.05, 0) is 19.3 Å². The average molecular weight is 383 g/mol. The van der Waals surface area contributed by atoms with Gasteiger partial charge in [-0.25, -0.2) is 9.18 Å². The first-order valence-corrected chi connectivity index (χ1v) is 7.22. The lowest BCUT2D eigenvalue weighted by atomic mass is 9.96. The molecule has 0 aromatic carbocycles. The molecular weight excluding hydrogens is 374 g/mol. The molecule has 4 unspecified atom stereocenters. The Bertz CT molecular complexity index is 528. The van der Waals surface area contributed by atoms with Gasteiger partial charge in [-0.2, -0.15) is 26.3 Å². The normalized spacial score (nSPS) is 29.6. The van der Waals surface area contributed by atoms with Gasteiger partial charge in [0.2, 0.25) is 0 Å². The van der Waals surface area contributed by atoms with Gasteiger partial charge in [0.1, 0.15) is 0 Å². The SMILES string of the molecule is O=C1C2CCC(C2)C1OC(=O)C(F)(SOO[O-])C(F)(F)C(F)(F)F. The van der Waals surface area contributed by atoms with E-state index in [2.05, 4.69) is 14.1 Å². The van der Waals surface area contributed by atoms with E-state index in [9.17, 15) is 41.2 Å². The molecule has 0 heterocycles. The lowest BCUT2D eigenvalue weighted by Crippen LogP contribution is -2.58. The molecular formula is C11H9F6O6S-. The number of carbonyl (C=O) groups is 2. The molecule has 138 valence electrons. The molecule has 0 amide bonds. The molecule has 2 aliphatic rings. The highest BCUT2D eigenvalue weighted by molar-refractivity contribution is 7.96. The van der Waals surface area contributed by atoms with Crippen molar-refractivity contribution in [1.82, 2.24) is 0 Å². The average Bonchev–Trinajstić information content (AvgIpc) is 3.06. The molecule has 2 aliphatic carbocycles. The zero-order chi connectivity index (χ0) is 18.3. The van der Waals surface area contributed by atoms with Crippen molar-refractivity contribution in [3.63, 3.8) is 0 Å². The summed E-state index contributed by atoms with van der Waals surface area (Å²) in [4.78, 5) is 23.4. The summed E-state index contributed by atoms with van der Waals surface area (Å²) in [6, 6.07) is 0. The van der Waals surface area contributed by atoms with Crippen LogP contribution in [0.25, 0.3) is 0 Å². The van der Waals surface area contributed by atoms with E-state index in [0.717, 1.165) is 0 Å². The van der Waals surface area contributed by atoms with Crippen LogP contribution < -0.4 is 5.26 Å². The first kappa shape index (κ1) is 19.3. The highest BCUT2D eigenvalue weighted by atomic mass is 32.2. The molecule has 2 rings (SSSR count). The summed E-state index contributed by atoms with van der Waals surface area (Å²) in [6.45, 7) is 0. The molecule has 0 aromatic rings. The second-order valence-electron chi connectivity index (χ2n) is 5.39. The van der Waals surface area contributed by atoms with Crippen LogP contribution in [0, 0.1) is 11.8 Å².